The lowest BCUT2D eigenvalue weighted by atomic mass is 9.96. The van der Waals surface area contributed by atoms with E-state index in [9.17, 15) is 18.4 Å². The van der Waals surface area contributed by atoms with E-state index in [1.807, 2.05) is 62.4 Å². The zero-order valence-corrected chi connectivity index (χ0v) is 23.0. The van der Waals surface area contributed by atoms with Crippen LogP contribution < -0.4 is 5.32 Å². The molecule has 1 N–H and O–H groups in total. The molecule has 1 aliphatic heterocycles. The topological polar surface area (TPSA) is 75.4 Å². The predicted molar refractivity (Wildman–Crippen MR) is 155 cm³/mol. The highest BCUT2D eigenvalue weighted by molar-refractivity contribution is 5.98. The molecule has 0 saturated carbocycles. The van der Waals surface area contributed by atoms with Crippen LogP contribution in [-0.4, -0.2) is 40.7 Å². The lowest BCUT2D eigenvalue weighted by Gasteiger charge is -2.31. The number of furan rings is 1. The maximum Gasteiger partial charge on any atom is 0.253 e. The second kappa shape index (κ2) is 11.9. The van der Waals surface area contributed by atoms with Crippen LogP contribution in [0.25, 0.3) is 33.2 Å². The number of nitrogens with zero attached hydrogens (tertiary/aromatic N) is 2. The number of piperidine rings is 1. The van der Waals surface area contributed by atoms with Crippen LogP contribution in [0.4, 0.5) is 8.78 Å². The van der Waals surface area contributed by atoms with Gasteiger partial charge in [0.15, 0.2) is 0 Å². The molecule has 1 fully saturated rings. The number of pyridine rings is 1. The Kier molecular flexibility index (Phi) is 8.10. The molecule has 5 rings (SSSR count). The SMILES string of the molecule is CC=C(C)C=CC(=O)NCc1cc2cc(-c3ccc(C(=O)N4CCC(F)(F)CC4)cc3)cc(-c3cccnc3)c2o1. The van der Waals surface area contributed by atoms with Gasteiger partial charge in [0.25, 0.3) is 11.8 Å². The molecular formula is C33H31F2N3O3. The minimum absolute atomic E-state index is 0.0493. The molecule has 0 spiro atoms. The monoisotopic (exact) mass is 555 g/mol. The van der Waals surface area contributed by atoms with Gasteiger partial charge in [-0.1, -0.05) is 35.9 Å². The Labute approximate surface area is 237 Å². The lowest BCUT2D eigenvalue weighted by molar-refractivity contribution is -0.116. The molecule has 2 aromatic heterocycles. The number of amides is 2. The zero-order chi connectivity index (χ0) is 29.0. The molecule has 8 heteroatoms. The van der Waals surface area contributed by atoms with Crippen LogP contribution in [-0.2, 0) is 11.3 Å². The summed E-state index contributed by atoms with van der Waals surface area (Å²) < 4.78 is 33.3. The third kappa shape index (κ3) is 6.60. The van der Waals surface area contributed by atoms with Crippen molar-refractivity contribution in [1.29, 1.82) is 0 Å². The summed E-state index contributed by atoms with van der Waals surface area (Å²) in [6, 6.07) is 16.9. The Balaban J connectivity index is 1.41. The third-order valence-corrected chi connectivity index (χ3v) is 7.28. The first-order valence-corrected chi connectivity index (χ1v) is 13.6. The van der Waals surface area contributed by atoms with Gasteiger partial charge < -0.3 is 14.6 Å². The highest BCUT2D eigenvalue weighted by Gasteiger charge is 2.35. The average Bonchev–Trinajstić information content (AvgIpc) is 3.41. The predicted octanol–water partition coefficient (Wildman–Crippen LogP) is 7.17. The number of hydrogen-bond acceptors (Lipinski definition) is 4. The van der Waals surface area contributed by atoms with Crippen molar-refractivity contribution in [2.45, 2.75) is 39.2 Å². The maximum absolute atomic E-state index is 13.5. The average molecular weight is 556 g/mol. The Morgan fingerprint density at radius 2 is 1.78 bits per heavy atom. The first-order chi connectivity index (χ1) is 19.7. The number of rotatable bonds is 7. The molecule has 1 saturated heterocycles. The summed E-state index contributed by atoms with van der Waals surface area (Å²) in [5.74, 6) is -2.55. The van der Waals surface area contributed by atoms with Gasteiger partial charge in [-0.05, 0) is 61.4 Å². The van der Waals surface area contributed by atoms with Crippen molar-refractivity contribution in [2.75, 3.05) is 13.1 Å². The molecule has 41 heavy (non-hydrogen) atoms. The number of allylic oxidation sites excluding steroid dienone is 3. The molecular weight excluding hydrogens is 524 g/mol. The van der Waals surface area contributed by atoms with Crippen LogP contribution in [0.1, 0.15) is 42.8 Å². The fourth-order valence-electron chi connectivity index (χ4n) is 4.76. The molecule has 210 valence electrons. The van der Waals surface area contributed by atoms with Gasteiger partial charge in [-0.15, -0.1) is 0 Å². The Hall–Kier alpha value is -4.59. The van der Waals surface area contributed by atoms with Crippen molar-refractivity contribution >= 4 is 22.8 Å². The van der Waals surface area contributed by atoms with E-state index in [0.29, 0.717) is 16.9 Å². The molecule has 3 heterocycles. The van der Waals surface area contributed by atoms with Crippen molar-refractivity contribution in [2.24, 2.45) is 0 Å². The number of likely N-dealkylation sites (tertiary alicyclic amines) is 1. The summed E-state index contributed by atoms with van der Waals surface area (Å²) >= 11 is 0. The van der Waals surface area contributed by atoms with E-state index in [0.717, 1.165) is 33.2 Å². The Morgan fingerprint density at radius 1 is 1.02 bits per heavy atom. The van der Waals surface area contributed by atoms with Crippen molar-refractivity contribution in [1.82, 2.24) is 15.2 Å². The number of nitrogens with one attached hydrogen (secondary N) is 1. The largest absolute Gasteiger partial charge is 0.459 e. The second-order valence-electron chi connectivity index (χ2n) is 10.2. The normalized spacial score (nSPS) is 15.4. The van der Waals surface area contributed by atoms with Gasteiger partial charge in [0.05, 0.1) is 6.54 Å². The number of carbonyl (C=O) groups excluding carboxylic acids is 2. The number of hydrogen-bond donors (Lipinski definition) is 1. The summed E-state index contributed by atoms with van der Waals surface area (Å²) in [5, 5.41) is 3.72. The molecule has 0 aliphatic carbocycles. The van der Waals surface area contributed by atoms with Crippen LogP contribution in [0, 0.1) is 0 Å². The highest BCUT2D eigenvalue weighted by Crippen LogP contribution is 2.36. The van der Waals surface area contributed by atoms with Gasteiger partial charge in [0.1, 0.15) is 11.3 Å². The van der Waals surface area contributed by atoms with Gasteiger partial charge >= 0.3 is 0 Å². The van der Waals surface area contributed by atoms with E-state index < -0.39 is 5.92 Å². The lowest BCUT2D eigenvalue weighted by Crippen LogP contribution is -2.42. The van der Waals surface area contributed by atoms with Crippen LogP contribution in [0.15, 0.2) is 95.2 Å². The number of aromatic nitrogens is 1. The summed E-state index contributed by atoms with van der Waals surface area (Å²) in [6.07, 6.45) is 8.02. The maximum atomic E-state index is 13.5. The summed E-state index contributed by atoms with van der Waals surface area (Å²) in [5.41, 5.74) is 5.66. The van der Waals surface area contributed by atoms with E-state index in [1.165, 1.54) is 11.0 Å². The summed E-state index contributed by atoms with van der Waals surface area (Å²) in [4.78, 5) is 30.9. The molecule has 0 radical (unpaired) electrons. The summed E-state index contributed by atoms with van der Waals surface area (Å²) in [6.45, 7) is 4.16. The van der Waals surface area contributed by atoms with E-state index in [2.05, 4.69) is 10.3 Å². The molecule has 2 amide bonds. The number of alkyl halides is 2. The number of fused-ring (bicyclic) bond motifs is 1. The van der Waals surface area contributed by atoms with E-state index in [1.54, 1.807) is 30.6 Å². The van der Waals surface area contributed by atoms with Gasteiger partial charge in [0, 0.05) is 66.5 Å². The van der Waals surface area contributed by atoms with Crippen LogP contribution in [0.5, 0.6) is 0 Å². The number of carbonyl (C=O) groups is 2. The minimum atomic E-state index is -2.70. The minimum Gasteiger partial charge on any atom is -0.459 e. The first-order valence-electron chi connectivity index (χ1n) is 13.6. The van der Waals surface area contributed by atoms with Gasteiger partial charge in [-0.3, -0.25) is 14.6 Å². The second-order valence-corrected chi connectivity index (χ2v) is 10.2. The molecule has 1 aliphatic rings. The quantitative estimate of drug-likeness (QED) is 0.194. The fraction of sp³-hybridized carbons (Fsp3) is 0.242. The molecule has 0 unspecified atom stereocenters. The Morgan fingerprint density at radius 3 is 2.46 bits per heavy atom. The number of benzene rings is 2. The van der Waals surface area contributed by atoms with E-state index in [-0.39, 0.29) is 44.3 Å². The number of halogens is 2. The van der Waals surface area contributed by atoms with Crippen LogP contribution in [0.2, 0.25) is 0 Å². The summed E-state index contributed by atoms with van der Waals surface area (Å²) in [7, 11) is 0. The highest BCUT2D eigenvalue weighted by atomic mass is 19.3. The van der Waals surface area contributed by atoms with Crippen LogP contribution >= 0.6 is 0 Å². The van der Waals surface area contributed by atoms with Crippen molar-refractivity contribution in [3.8, 4) is 22.3 Å². The molecule has 4 aromatic rings. The fourth-order valence-corrected chi connectivity index (χ4v) is 4.76. The van der Waals surface area contributed by atoms with Crippen LogP contribution in [0.3, 0.4) is 0 Å². The van der Waals surface area contributed by atoms with Crippen molar-refractivity contribution in [3.63, 3.8) is 0 Å². The molecule has 0 atom stereocenters. The third-order valence-electron chi connectivity index (χ3n) is 7.28. The van der Waals surface area contributed by atoms with Gasteiger partial charge in [-0.25, -0.2) is 8.78 Å². The van der Waals surface area contributed by atoms with Gasteiger partial charge in [-0.2, -0.15) is 0 Å². The zero-order valence-electron chi connectivity index (χ0n) is 23.0. The van der Waals surface area contributed by atoms with Crippen molar-refractivity contribution in [3.05, 3.63) is 102 Å². The van der Waals surface area contributed by atoms with Crippen molar-refractivity contribution < 1.29 is 22.8 Å². The Bertz CT molecular complexity index is 1610. The molecule has 0 bridgehead atoms. The van der Waals surface area contributed by atoms with Gasteiger partial charge in [0.2, 0.25) is 5.91 Å². The van der Waals surface area contributed by atoms with E-state index in [4.69, 9.17) is 4.42 Å². The standard InChI is InChI=1S/C33H31F2N3O3/c1-3-22(2)6-11-30(39)37-21-28-18-27-17-26(19-29(31(27)41-28)25-5-4-14-36-20-25)23-7-9-24(10-8-23)32(40)38-15-12-33(34,35)13-16-38/h3-11,14,17-20H,12-13,15-16,21H2,1-2H3,(H,37,39). The smallest absolute Gasteiger partial charge is 0.253 e. The molecule has 2 aromatic carbocycles. The molecule has 6 nitrogen and oxygen atoms in total. The van der Waals surface area contributed by atoms with E-state index >= 15 is 0 Å². The first kappa shape index (κ1) is 28.0.